The molecular weight excluding hydrogens is 542 g/mol. The van der Waals surface area contributed by atoms with Gasteiger partial charge < -0.3 is 15.8 Å². The van der Waals surface area contributed by atoms with E-state index in [-0.39, 0.29) is 11.8 Å². The average Bonchev–Trinajstić information content (AvgIpc) is 3.65. The van der Waals surface area contributed by atoms with E-state index in [2.05, 4.69) is 39.5 Å². The number of ether oxygens (including phenoxy) is 1. The van der Waals surface area contributed by atoms with E-state index >= 15 is 0 Å². The van der Waals surface area contributed by atoms with E-state index in [1.807, 2.05) is 59.2 Å². The van der Waals surface area contributed by atoms with Crippen LogP contribution in [0.3, 0.4) is 0 Å². The van der Waals surface area contributed by atoms with Crippen molar-refractivity contribution < 1.29 is 4.74 Å². The number of aromatic nitrogens is 4. The molecule has 214 valence electrons. The summed E-state index contributed by atoms with van der Waals surface area (Å²) in [5.41, 5.74) is 11.7. The maximum atomic E-state index is 11.9. The highest BCUT2D eigenvalue weighted by molar-refractivity contribution is 5.84. The highest BCUT2D eigenvalue weighted by atomic mass is 16.5. The molecule has 6 aromatic rings. The van der Waals surface area contributed by atoms with Gasteiger partial charge in [0.25, 0.3) is 10.9 Å². The number of likely N-dealkylation sites (tertiary alicyclic amines) is 1. The minimum absolute atomic E-state index is 0.0752. The van der Waals surface area contributed by atoms with Crippen LogP contribution in [-0.4, -0.2) is 50.7 Å². The van der Waals surface area contributed by atoms with E-state index in [1.165, 1.54) is 7.11 Å². The Hall–Kier alpha value is -5.35. The zero-order valence-corrected chi connectivity index (χ0v) is 23.5. The molecular formula is C33H29N7O3. The third kappa shape index (κ3) is 4.81. The largest absolute Gasteiger partial charge is 0.491 e. The number of nitrogens with zero attached hydrogens (tertiary/aromatic N) is 5. The first kappa shape index (κ1) is 26.5. The van der Waals surface area contributed by atoms with E-state index in [4.69, 9.17) is 20.4 Å². The van der Waals surface area contributed by atoms with E-state index in [9.17, 15) is 9.59 Å². The van der Waals surface area contributed by atoms with Crippen LogP contribution in [0.2, 0.25) is 0 Å². The van der Waals surface area contributed by atoms with Crippen molar-refractivity contribution in [2.45, 2.75) is 19.0 Å². The van der Waals surface area contributed by atoms with Crippen molar-refractivity contribution in [2.24, 2.45) is 0 Å². The van der Waals surface area contributed by atoms with Gasteiger partial charge >= 0.3 is 0 Å². The molecule has 3 aromatic carbocycles. The Morgan fingerprint density at radius 2 is 1.77 bits per heavy atom. The van der Waals surface area contributed by atoms with Gasteiger partial charge in [0.15, 0.2) is 17.2 Å². The van der Waals surface area contributed by atoms with Crippen molar-refractivity contribution in [2.75, 3.05) is 31.2 Å². The first-order chi connectivity index (χ1) is 21.0. The van der Waals surface area contributed by atoms with Crippen molar-refractivity contribution in [3.05, 3.63) is 111 Å². The van der Waals surface area contributed by atoms with E-state index < -0.39 is 10.9 Å². The highest BCUT2D eigenvalue weighted by Crippen LogP contribution is 2.32. The SMILES string of the molecule is COc1c(NC2CCN(Cc3ccc(-n4c(-c5cccnc5N)nc5ccc(-c6ccccc6)nc54)cc3)C2)c(=O)c1=O. The van der Waals surface area contributed by atoms with Gasteiger partial charge in [-0.1, -0.05) is 42.5 Å². The molecule has 0 saturated carbocycles. The minimum Gasteiger partial charge on any atom is -0.491 e. The van der Waals surface area contributed by atoms with Gasteiger partial charge in [-0.3, -0.25) is 19.1 Å². The molecule has 1 aliphatic rings. The van der Waals surface area contributed by atoms with Crippen molar-refractivity contribution in [1.29, 1.82) is 0 Å². The molecule has 7 rings (SSSR count). The number of hydrogen-bond donors (Lipinski definition) is 2. The zero-order valence-electron chi connectivity index (χ0n) is 23.5. The number of rotatable bonds is 8. The molecule has 0 aliphatic carbocycles. The Balaban J connectivity index is 1.17. The van der Waals surface area contributed by atoms with Crippen molar-refractivity contribution in [3.8, 4) is 34.1 Å². The minimum atomic E-state index is -0.563. The Labute approximate surface area is 247 Å². The summed E-state index contributed by atoms with van der Waals surface area (Å²) in [7, 11) is 1.41. The lowest BCUT2D eigenvalue weighted by Gasteiger charge is -2.19. The summed E-state index contributed by atoms with van der Waals surface area (Å²) >= 11 is 0. The lowest BCUT2D eigenvalue weighted by molar-refractivity contribution is 0.328. The van der Waals surface area contributed by atoms with Gasteiger partial charge in [0.05, 0.1) is 18.4 Å². The number of pyridine rings is 2. The topological polar surface area (TPSA) is 128 Å². The maximum absolute atomic E-state index is 11.9. The molecule has 0 spiro atoms. The van der Waals surface area contributed by atoms with Gasteiger partial charge in [0, 0.05) is 43.1 Å². The zero-order chi connectivity index (χ0) is 29.5. The molecule has 43 heavy (non-hydrogen) atoms. The predicted octanol–water partition coefficient (Wildman–Crippen LogP) is 4.02. The predicted molar refractivity (Wildman–Crippen MR) is 167 cm³/mol. The standard InChI is InChI=1S/C33H29N7O3/c1-43-30-27(28(41)29(30)42)36-22-15-17-39(19-22)18-20-9-11-23(12-10-20)40-32(24-8-5-16-35-31(24)34)38-26-14-13-25(37-33(26)40)21-6-3-2-4-7-21/h2-14,16,22,36H,15,17-19H2,1H3,(H2,34,35). The van der Waals surface area contributed by atoms with E-state index in [1.54, 1.807) is 6.20 Å². The molecule has 1 saturated heterocycles. The third-order valence-electron chi connectivity index (χ3n) is 7.95. The van der Waals surface area contributed by atoms with Crippen LogP contribution in [0.4, 0.5) is 11.5 Å². The molecule has 0 bridgehead atoms. The molecule has 0 amide bonds. The van der Waals surface area contributed by atoms with Crippen molar-refractivity contribution in [3.63, 3.8) is 0 Å². The molecule has 10 nitrogen and oxygen atoms in total. The monoisotopic (exact) mass is 571 g/mol. The Kier molecular flexibility index (Phi) is 6.67. The van der Waals surface area contributed by atoms with Crippen LogP contribution in [0.25, 0.3) is 39.5 Å². The lowest BCUT2D eigenvalue weighted by atomic mass is 10.1. The number of nitrogens with one attached hydrogen (secondary N) is 1. The third-order valence-corrected chi connectivity index (χ3v) is 7.95. The Morgan fingerprint density at radius 1 is 0.953 bits per heavy atom. The first-order valence-corrected chi connectivity index (χ1v) is 14.1. The van der Waals surface area contributed by atoms with Crippen LogP contribution in [0, 0.1) is 0 Å². The highest BCUT2D eigenvalue weighted by Gasteiger charge is 2.28. The number of imidazole rings is 1. The molecule has 4 heterocycles. The number of benzene rings is 2. The molecule has 1 unspecified atom stereocenters. The van der Waals surface area contributed by atoms with Crippen LogP contribution in [0.5, 0.6) is 5.75 Å². The van der Waals surface area contributed by atoms with Gasteiger partial charge in [-0.05, 0) is 48.4 Å². The summed E-state index contributed by atoms with van der Waals surface area (Å²) in [6.45, 7) is 2.39. The van der Waals surface area contributed by atoms with Gasteiger partial charge in [-0.25, -0.2) is 15.0 Å². The summed E-state index contributed by atoms with van der Waals surface area (Å²) < 4.78 is 7.10. The van der Waals surface area contributed by atoms with Crippen LogP contribution in [0.15, 0.2) is 94.6 Å². The second-order valence-corrected chi connectivity index (χ2v) is 10.7. The molecule has 1 aliphatic heterocycles. The summed E-state index contributed by atoms with van der Waals surface area (Å²) in [5, 5.41) is 3.21. The molecule has 1 fully saturated rings. The number of hydrogen-bond acceptors (Lipinski definition) is 9. The maximum Gasteiger partial charge on any atom is 0.271 e. The van der Waals surface area contributed by atoms with Crippen LogP contribution in [0.1, 0.15) is 12.0 Å². The number of methoxy groups -OCH3 is 1. The molecule has 3 N–H and O–H groups in total. The molecule has 0 radical (unpaired) electrons. The lowest BCUT2D eigenvalue weighted by Crippen LogP contribution is -2.38. The number of nitrogens with two attached hydrogens (primary N) is 1. The Bertz CT molecular complexity index is 2010. The van der Waals surface area contributed by atoms with E-state index in [0.717, 1.165) is 65.3 Å². The number of anilines is 2. The summed E-state index contributed by atoms with van der Waals surface area (Å²) in [6, 6.07) is 26.3. The average molecular weight is 572 g/mol. The van der Waals surface area contributed by atoms with Gasteiger partial charge in [-0.15, -0.1) is 0 Å². The molecule has 10 heteroatoms. The Morgan fingerprint density at radius 3 is 2.53 bits per heavy atom. The number of fused-ring (bicyclic) bond motifs is 1. The summed E-state index contributed by atoms with van der Waals surface area (Å²) in [6.07, 6.45) is 2.54. The fourth-order valence-corrected chi connectivity index (χ4v) is 5.76. The van der Waals surface area contributed by atoms with Gasteiger partial charge in [-0.2, -0.15) is 0 Å². The van der Waals surface area contributed by atoms with Crippen LogP contribution in [-0.2, 0) is 6.54 Å². The van der Waals surface area contributed by atoms with Crippen molar-refractivity contribution in [1.82, 2.24) is 24.4 Å². The quantitative estimate of drug-likeness (QED) is 0.260. The second-order valence-electron chi connectivity index (χ2n) is 10.7. The second kappa shape index (κ2) is 10.8. The normalized spacial score (nSPS) is 15.3. The van der Waals surface area contributed by atoms with E-state index in [0.29, 0.717) is 17.3 Å². The summed E-state index contributed by atoms with van der Waals surface area (Å²) in [5.74, 6) is 1.20. The summed E-state index contributed by atoms with van der Waals surface area (Å²) in [4.78, 5) is 40.2. The van der Waals surface area contributed by atoms with Gasteiger partial charge in [0.1, 0.15) is 17.0 Å². The molecule has 1 atom stereocenters. The fourth-order valence-electron chi connectivity index (χ4n) is 5.76. The smallest absolute Gasteiger partial charge is 0.271 e. The number of nitrogen functional groups attached to an aromatic ring is 1. The van der Waals surface area contributed by atoms with Gasteiger partial charge in [0.2, 0.25) is 0 Å². The van der Waals surface area contributed by atoms with Crippen molar-refractivity contribution >= 4 is 22.7 Å². The van der Waals surface area contributed by atoms with Crippen LogP contribution < -0.4 is 26.6 Å². The first-order valence-electron chi connectivity index (χ1n) is 14.1. The van der Waals surface area contributed by atoms with Crippen LogP contribution >= 0.6 is 0 Å². The fraction of sp³-hybridized carbons (Fsp3) is 0.182. The molecule has 3 aromatic heterocycles.